The molecule has 1 aliphatic rings. The third-order valence-corrected chi connectivity index (χ3v) is 4.87. The molecule has 0 saturated carbocycles. The fraction of sp³-hybridized carbons (Fsp3) is 0.409. The van der Waals surface area contributed by atoms with Crippen molar-refractivity contribution in [3.05, 3.63) is 70.8 Å². The van der Waals surface area contributed by atoms with Crippen LogP contribution in [0.3, 0.4) is 0 Å². The Labute approximate surface area is 151 Å². The summed E-state index contributed by atoms with van der Waals surface area (Å²) in [6, 6.07) is 18.9. The maximum Gasteiger partial charge on any atom is 0.0991 e. The van der Waals surface area contributed by atoms with Crippen molar-refractivity contribution in [2.75, 3.05) is 13.1 Å². The molecule has 25 heavy (non-hydrogen) atoms. The van der Waals surface area contributed by atoms with E-state index in [4.69, 9.17) is 5.26 Å². The van der Waals surface area contributed by atoms with Crippen LogP contribution in [0.25, 0.3) is 0 Å². The lowest BCUT2D eigenvalue weighted by atomic mass is 10.1. The molecule has 2 aromatic rings. The summed E-state index contributed by atoms with van der Waals surface area (Å²) in [5.41, 5.74) is 4.64. The van der Waals surface area contributed by atoms with Gasteiger partial charge in [-0.15, -0.1) is 0 Å². The molecule has 3 heteroatoms. The topological polar surface area (TPSA) is 39.1 Å². The minimum atomic E-state index is 0.712. The van der Waals surface area contributed by atoms with E-state index in [1.165, 1.54) is 55.5 Å². The third kappa shape index (κ3) is 5.70. The van der Waals surface area contributed by atoms with Crippen molar-refractivity contribution in [3.63, 3.8) is 0 Å². The van der Waals surface area contributed by atoms with Crippen LogP contribution in [-0.2, 0) is 19.6 Å². The van der Waals surface area contributed by atoms with Gasteiger partial charge in [-0.2, -0.15) is 5.26 Å². The van der Waals surface area contributed by atoms with Crippen molar-refractivity contribution in [1.82, 2.24) is 10.2 Å². The molecule has 3 rings (SSSR count). The number of hydrogen-bond donors (Lipinski definition) is 1. The molecular formula is C22H27N3. The van der Waals surface area contributed by atoms with Crippen molar-refractivity contribution in [2.24, 2.45) is 0 Å². The van der Waals surface area contributed by atoms with Crippen molar-refractivity contribution in [3.8, 4) is 6.07 Å². The lowest BCUT2D eigenvalue weighted by molar-refractivity contribution is 0.277. The molecule has 2 aromatic carbocycles. The van der Waals surface area contributed by atoms with Gasteiger partial charge in [0, 0.05) is 19.6 Å². The minimum absolute atomic E-state index is 0.712. The Bertz CT molecular complexity index is 675. The van der Waals surface area contributed by atoms with Gasteiger partial charge in [0.05, 0.1) is 11.6 Å². The van der Waals surface area contributed by atoms with E-state index in [1.54, 1.807) is 0 Å². The molecule has 1 N–H and O–H groups in total. The highest BCUT2D eigenvalue weighted by atomic mass is 15.1. The molecule has 1 aliphatic heterocycles. The van der Waals surface area contributed by atoms with E-state index in [1.807, 2.05) is 24.3 Å². The van der Waals surface area contributed by atoms with Crippen LogP contribution < -0.4 is 5.32 Å². The average Bonchev–Trinajstić information content (AvgIpc) is 2.92. The Morgan fingerprint density at radius 1 is 0.760 bits per heavy atom. The predicted molar refractivity (Wildman–Crippen MR) is 102 cm³/mol. The summed E-state index contributed by atoms with van der Waals surface area (Å²) in [6.07, 6.45) is 5.47. The average molecular weight is 333 g/mol. The smallest absolute Gasteiger partial charge is 0.0991 e. The summed E-state index contributed by atoms with van der Waals surface area (Å²) in [7, 11) is 0. The maximum atomic E-state index is 8.82. The van der Waals surface area contributed by atoms with E-state index in [9.17, 15) is 0 Å². The highest BCUT2D eigenvalue weighted by molar-refractivity contribution is 5.31. The lowest BCUT2D eigenvalue weighted by Crippen LogP contribution is -2.23. The minimum Gasteiger partial charge on any atom is -0.309 e. The molecule has 0 radical (unpaired) electrons. The normalized spacial score (nSPS) is 15.5. The van der Waals surface area contributed by atoms with Gasteiger partial charge in [0.25, 0.3) is 0 Å². The molecule has 0 amide bonds. The van der Waals surface area contributed by atoms with Crippen LogP contribution >= 0.6 is 0 Å². The Balaban J connectivity index is 1.44. The van der Waals surface area contributed by atoms with E-state index in [0.717, 1.165) is 19.6 Å². The molecular weight excluding hydrogens is 306 g/mol. The van der Waals surface area contributed by atoms with Gasteiger partial charge in [0.15, 0.2) is 0 Å². The molecule has 0 aliphatic carbocycles. The third-order valence-electron chi connectivity index (χ3n) is 4.87. The molecule has 130 valence electrons. The molecule has 0 unspecified atom stereocenters. The highest BCUT2D eigenvalue weighted by Crippen LogP contribution is 2.14. The number of benzene rings is 2. The van der Waals surface area contributed by atoms with Gasteiger partial charge in [-0.1, -0.05) is 49.2 Å². The summed E-state index contributed by atoms with van der Waals surface area (Å²) < 4.78 is 0. The Hall–Kier alpha value is -2.15. The van der Waals surface area contributed by atoms with Gasteiger partial charge in [0.2, 0.25) is 0 Å². The van der Waals surface area contributed by atoms with Gasteiger partial charge in [-0.25, -0.2) is 0 Å². The zero-order valence-corrected chi connectivity index (χ0v) is 14.9. The van der Waals surface area contributed by atoms with Gasteiger partial charge >= 0.3 is 0 Å². The quantitative estimate of drug-likeness (QED) is 0.860. The SMILES string of the molecule is N#Cc1ccc(CNCc2ccc(CN3CCCCCC3)cc2)cc1. The first-order chi connectivity index (χ1) is 12.3. The first-order valence-electron chi connectivity index (χ1n) is 9.33. The standard InChI is InChI=1S/C22H27N3/c23-15-19-5-7-20(8-6-19)16-24-17-21-9-11-22(12-10-21)18-25-13-3-1-2-4-14-25/h5-12,24H,1-4,13-14,16-18H2. The molecule has 1 heterocycles. The first-order valence-corrected chi connectivity index (χ1v) is 9.33. The van der Waals surface area contributed by atoms with Gasteiger partial charge < -0.3 is 5.32 Å². The van der Waals surface area contributed by atoms with Gasteiger partial charge in [-0.3, -0.25) is 4.90 Å². The van der Waals surface area contributed by atoms with Crippen LogP contribution in [0.4, 0.5) is 0 Å². The summed E-state index contributed by atoms with van der Waals surface area (Å²) in [6.45, 7) is 5.26. The van der Waals surface area contributed by atoms with Crippen molar-refractivity contribution < 1.29 is 0 Å². The largest absolute Gasteiger partial charge is 0.309 e. The predicted octanol–water partition coefficient (Wildman–Crippen LogP) is 4.22. The lowest BCUT2D eigenvalue weighted by Gasteiger charge is -2.19. The fourth-order valence-corrected chi connectivity index (χ4v) is 3.36. The van der Waals surface area contributed by atoms with Crippen molar-refractivity contribution in [1.29, 1.82) is 5.26 Å². The molecule has 0 aromatic heterocycles. The summed E-state index contributed by atoms with van der Waals surface area (Å²) in [5, 5.41) is 12.3. The monoisotopic (exact) mass is 333 g/mol. The Kier molecular flexibility index (Phi) is 6.62. The van der Waals surface area contributed by atoms with Crippen LogP contribution in [-0.4, -0.2) is 18.0 Å². The zero-order valence-electron chi connectivity index (χ0n) is 14.9. The van der Waals surface area contributed by atoms with E-state index in [0.29, 0.717) is 5.56 Å². The van der Waals surface area contributed by atoms with Crippen molar-refractivity contribution >= 4 is 0 Å². The zero-order chi connectivity index (χ0) is 17.3. The van der Waals surface area contributed by atoms with E-state index >= 15 is 0 Å². The molecule has 0 spiro atoms. The summed E-state index contributed by atoms with van der Waals surface area (Å²) >= 11 is 0. The number of rotatable bonds is 6. The molecule has 1 fully saturated rings. The summed E-state index contributed by atoms with van der Waals surface area (Å²) in [4.78, 5) is 2.59. The number of nitrogens with zero attached hydrogens (tertiary/aromatic N) is 2. The van der Waals surface area contributed by atoms with Crippen LogP contribution in [0.15, 0.2) is 48.5 Å². The number of nitrogens with one attached hydrogen (secondary N) is 1. The van der Waals surface area contributed by atoms with Crippen LogP contribution in [0, 0.1) is 11.3 Å². The molecule has 0 bridgehead atoms. The summed E-state index contributed by atoms with van der Waals surface area (Å²) in [5.74, 6) is 0. The number of nitriles is 1. The second-order valence-corrected chi connectivity index (χ2v) is 6.92. The van der Waals surface area contributed by atoms with Gasteiger partial charge in [0.1, 0.15) is 0 Å². The second kappa shape index (κ2) is 9.36. The van der Waals surface area contributed by atoms with Crippen LogP contribution in [0.5, 0.6) is 0 Å². The molecule has 0 atom stereocenters. The van der Waals surface area contributed by atoms with E-state index < -0.39 is 0 Å². The number of hydrogen-bond acceptors (Lipinski definition) is 3. The number of likely N-dealkylation sites (tertiary alicyclic amines) is 1. The Morgan fingerprint density at radius 2 is 1.28 bits per heavy atom. The Morgan fingerprint density at radius 3 is 1.84 bits per heavy atom. The van der Waals surface area contributed by atoms with E-state index in [-0.39, 0.29) is 0 Å². The van der Waals surface area contributed by atoms with Crippen molar-refractivity contribution in [2.45, 2.75) is 45.3 Å². The van der Waals surface area contributed by atoms with Crippen LogP contribution in [0.2, 0.25) is 0 Å². The van der Waals surface area contributed by atoms with E-state index in [2.05, 4.69) is 40.6 Å². The van der Waals surface area contributed by atoms with Crippen LogP contribution in [0.1, 0.15) is 47.9 Å². The fourth-order valence-electron chi connectivity index (χ4n) is 3.36. The van der Waals surface area contributed by atoms with Gasteiger partial charge in [-0.05, 0) is 54.8 Å². The molecule has 3 nitrogen and oxygen atoms in total. The first kappa shape index (κ1) is 17.7. The maximum absolute atomic E-state index is 8.82. The molecule has 1 saturated heterocycles. The second-order valence-electron chi connectivity index (χ2n) is 6.92. The highest BCUT2D eigenvalue weighted by Gasteiger charge is 2.09.